The molecule has 0 atom stereocenters. The van der Waals surface area contributed by atoms with Crippen LogP contribution >= 0.6 is 0 Å². The fourth-order valence-electron chi connectivity index (χ4n) is 2.37. The molecular weight excluding hydrogens is 312 g/mol. The van der Waals surface area contributed by atoms with Gasteiger partial charge in [-0.05, 0) is 50.1 Å². The molecule has 3 aromatic rings. The summed E-state index contributed by atoms with van der Waals surface area (Å²) in [5.74, 6) is 0.315. The van der Waals surface area contributed by atoms with Crippen molar-refractivity contribution >= 4 is 23.1 Å². The van der Waals surface area contributed by atoms with E-state index in [1.807, 2.05) is 43.3 Å². The first-order valence-electron chi connectivity index (χ1n) is 8.06. The first-order chi connectivity index (χ1) is 12.0. The molecule has 0 radical (unpaired) electrons. The lowest BCUT2D eigenvalue weighted by molar-refractivity contribution is 0.102. The van der Waals surface area contributed by atoms with Gasteiger partial charge in [0.05, 0.1) is 12.4 Å². The van der Waals surface area contributed by atoms with Gasteiger partial charge < -0.3 is 10.6 Å². The lowest BCUT2D eigenvalue weighted by atomic mass is 10.1. The first-order valence-corrected chi connectivity index (χ1v) is 8.06. The number of carbonyl (C=O) groups excluding carboxylic acids is 1. The Morgan fingerprint density at radius 2 is 1.68 bits per heavy atom. The van der Waals surface area contributed by atoms with Crippen molar-refractivity contribution in [3.05, 3.63) is 77.2 Å². The second kappa shape index (κ2) is 7.13. The Kier molecular flexibility index (Phi) is 4.75. The molecule has 126 valence electrons. The molecule has 2 N–H and O–H groups in total. The van der Waals surface area contributed by atoms with Crippen LogP contribution in [-0.2, 0) is 0 Å². The summed E-state index contributed by atoms with van der Waals surface area (Å²) in [7, 11) is 0. The zero-order chi connectivity index (χ0) is 17.8. The minimum Gasteiger partial charge on any atom is -0.339 e. The van der Waals surface area contributed by atoms with Gasteiger partial charge >= 0.3 is 0 Å². The summed E-state index contributed by atoms with van der Waals surface area (Å²) in [6, 6.07) is 13.6. The van der Waals surface area contributed by atoms with E-state index in [9.17, 15) is 4.79 Å². The molecule has 0 aliphatic rings. The molecule has 1 heterocycles. The van der Waals surface area contributed by atoms with Crippen LogP contribution in [0.25, 0.3) is 0 Å². The molecule has 0 bridgehead atoms. The number of rotatable bonds is 4. The van der Waals surface area contributed by atoms with Gasteiger partial charge in [0.15, 0.2) is 0 Å². The van der Waals surface area contributed by atoms with Gasteiger partial charge in [-0.2, -0.15) is 0 Å². The molecule has 0 spiro atoms. The zero-order valence-electron chi connectivity index (χ0n) is 14.5. The fourth-order valence-corrected chi connectivity index (χ4v) is 2.37. The number of hydrogen-bond acceptors (Lipinski definition) is 4. The first kappa shape index (κ1) is 16.6. The van der Waals surface area contributed by atoms with Crippen LogP contribution in [0.15, 0.2) is 54.9 Å². The van der Waals surface area contributed by atoms with Gasteiger partial charge in [0, 0.05) is 11.4 Å². The van der Waals surface area contributed by atoms with Gasteiger partial charge in [0.1, 0.15) is 11.5 Å². The number of hydrogen-bond donors (Lipinski definition) is 2. The number of carbonyl (C=O) groups is 1. The standard InChI is InChI=1S/C20H20N4O/c1-13-7-9-16(10-8-13)23-20(25)18-11-22-19(12-21-18)24-17-6-4-5-14(2)15(17)3/h4-12H,1-3H3,(H,22,24)(H,23,25). The van der Waals surface area contributed by atoms with Crippen molar-refractivity contribution in [3.8, 4) is 0 Å². The molecule has 0 aliphatic carbocycles. The van der Waals surface area contributed by atoms with Crippen molar-refractivity contribution in [1.82, 2.24) is 9.97 Å². The van der Waals surface area contributed by atoms with Crippen molar-refractivity contribution in [2.75, 3.05) is 10.6 Å². The second-order valence-electron chi connectivity index (χ2n) is 5.98. The Hall–Kier alpha value is -3.21. The predicted octanol–water partition coefficient (Wildman–Crippen LogP) is 4.40. The Bertz CT molecular complexity index is 887. The van der Waals surface area contributed by atoms with E-state index in [-0.39, 0.29) is 11.6 Å². The van der Waals surface area contributed by atoms with E-state index < -0.39 is 0 Å². The monoisotopic (exact) mass is 332 g/mol. The highest BCUT2D eigenvalue weighted by Gasteiger charge is 2.09. The SMILES string of the molecule is Cc1ccc(NC(=O)c2cnc(Nc3cccc(C)c3C)cn2)cc1. The van der Waals surface area contributed by atoms with E-state index in [4.69, 9.17) is 0 Å². The topological polar surface area (TPSA) is 66.9 Å². The molecule has 5 heteroatoms. The summed E-state index contributed by atoms with van der Waals surface area (Å²) in [4.78, 5) is 20.7. The van der Waals surface area contributed by atoms with Crippen molar-refractivity contribution in [2.45, 2.75) is 20.8 Å². The zero-order valence-corrected chi connectivity index (χ0v) is 14.5. The molecule has 0 aliphatic heterocycles. The highest BCUT2D eigenvalue weighted by molar-refractivity contribution is 6.02. The Labute approximate surface area is 147 Å². The minimum atomic E-state index is -0.283. The third-order valence-corrected chi connectivity index (χ3v) is 4.06. The van der Waals surface area contributed by atoms with Crippen LogP contribution in [0.3, 0.4) is 0 Å². The molecule has 0 saturated heterocycles. The molecule has 25 heavy (non-hydrogen) atoms. The molecule has 2 aromatic carbocycles. The van der Waals surface area contributed by atoms with Gasteiger partial charge in [0.2, 0.25) is 0 Å². The molecule has 0 fully saturated rings. The van der Waals surface area contributed by atoms with Crippen LogP contribution in [-0.4, -0.2) is 15.9 Å². The van der Waals surface area contributed by atoms with Crippen LogP contribution in [0.2, 0.25) is 0 Å². The van der Waals surface area contributed by atoms with Gasteiger partial charge in [-0.25, -0.2) is 9.97 Å². The van der Waals surface area contributed by atoms with Crippen LogP contribution in [0.4, 0.5) is 17.2 Å². The summed E-state index contributed by atoms with van der Waals surface area (Å²) in [6.07, 6.45) is 3.03. The summed E-state index contributed by atoms with van der Waals surface area (Å²) in [5.41, 5.74) is 5.48. The Morgan fingerprint density at radius 1 is 0.920 bits per heavy atom. The molecule has 0 saturated carbocycles. The van der Waals surface area contributed by atoms with Crippen molar-refractivity contribution in [1.29, 1.82) is 0 Å². The van der Waals surface area contributed by atoms with Crippen molar-refractivity contribution < 1.29 is 4.79 Å². The summed E-state index contributed by atoms with van der Waals surface area (Å²) >= 11 is 0. The summed E-state index contributed by atoms with van der Waals surface area (Å²) in [5, 5.41) is 6.04. The highest BCUT2D eigenvalue weighted by atomic mass is 16.1. The normalized spacial score (nSPS) is 10.4. The predicted molar refractivity (Wildman–Crippen MR) is 100 cm³/mol. The maximum absolute atomic E-state index is 12.2. The molecule has 3 rings (SSSR count). The van der Waals surface area contributed by atoms with Crippen LogP contribution in [0, 0.1) is 20.8 Å². The quantitative estimate of drug-likeness (QED) is 0.743. The van der Waals surface area contributed by atoms with Crippen molar-refractivity contribution in [2.24, 2.45) is 0 Å². The summed E-state index contributed by atoms with van der Waals surface area (Å²) in [6.45, 7) is 6.11. The molecular formula is C20H20N4O. The maximum atomic E-state index is 12.2. The lowest BCUT2D eigenvalue weighted by Gasteiger charge is -2.11. The number of aryl methyl sites for hydroxylation is 2. The van der Waals surface area contributed by atoms with E-state index in [2.05, 4.69) is 40.5 Å². The number of nitrogens with zero attached hydrogens (tertiary/aromatic N) is 2. The molecule has 5 nitrogen and oxygen atoms in total. The molecule has 1 amide bonds. The summed E-state index contributed by atoms with van der Waals surface area (Å²) < 4.78 is 0. The molecule has 0 unspecified atom stereocenters. The van der Waals surface area contributed by atoms with E-state index in [0.717, 1.165) is 22.5 Å². The highest BCUT2D eigenvalue weighted by Crippen LogP contribution is 2.21. The van der Waals surface area contributed by atoms with Gasteiger partial charge in [0.25, 0.3) is 5.91 Å². The number of nitrogens with one attached hydrogen (secondary N) is 2. The van der Waals surface area contributed by atoms with E-state index in [1.54, 1.807) is 6.20 Å². The molecule has 1 aromatic heterocycles. The van der Waals surface area contributed by atoms with E-state index in [0.29, 0.717) is 5.82 Å². The van der Waals surface area contributed by atoms with Crippen LogP contribution in [0.1, 0.15) is 27.2 Å². The second-order valence-corrected chi connectivity index (χ2v) is 5.98. The average molecular weight is 332 g/mol. The number of anilines is 3. The number of aromatic nitrogens is 2. The number of amides is 1. The average Bonchev–Trinajstić information content (AvgIpc) is 2.61. The van der Waals surface area contributed by atoms with Crippen molar-refractivity contribution in [3.63, 3.8) is 0 Å². The Morgan fingerprint density at radius 3 is 2.36 bits per heavy atom. The van der Waals surface area contributed by atoms with E-state index >= 15 is 0 Å². The fraction of sp³-hybridized carbons (Fsp3) is 0.150. The van der Waals surface area contributed by atoms with Crippen LogP contribution < -0.4 is 10.6 Å². The number of benzene rings is 2. The third-order valence-electron chi connectivity index (χ3n) is 4.06. The van der Waals surface area contributed by atoms with Crippen LogP contribution in [0.5, 0.6) is 0 Å². The van der Waals surface area contributed by atoms with Gasteiger partial charge in [-0.15, -0.1) is 0 Å². The third kappa shape index (κ3) is 4.01. The van der Waals surface area contributed by atoms with Gasteiger partial charge in [-0.1, -0.05) is 29.8 Å². The smallest absolute Gasteiger partial charge is 0.275 e. The Balaban J connectivity index is 1.70. The maximum Gasteiger partial charge on any atom is 0.275 e. The largest absolute Gasteiger partial charge is 0.339 e. The van der Waals surface area contributed by atoms with E-state index in [1.165, 1.54) is 11.8 Å². The van der Waals surface area contributed by atoms with Gasteiger partial charge in [-0.3, -0.25) is 4.79 Å². The minimum absolute atomic E-state index is 0.270. The lowest BCUT2D eigenvalue weighted by Crippen LogP contribution is -2.14.